The van der Waals surface area contributed by atoms with E-state index in [-0.39, 0.29) is 18.3 Å². The summed E-state index contributed by atoms with van der Waals surface area (Å²) in [6.45, 7) is 6.83. The van der Waals surface area contributed by atoms with Crippen LogP contribution in [-0.2, 0) is 16.0 Å². The van der Waals surface area contributed by atoms with E-state index in [0.29, 0.717) is 25.5 Å². The van der Waals surface area contributed by atoms with Gasteiger partial charge in [-0.1, -0.05) is 19.3 Å². The first-order valence-corrected chi connectivity index (χ1v) is 9.01. The van der Waals surface area contributed by atoms with Crippen molar-refractivity contribution in [2.45, 2.75) is 78.2 Å². The Morgan fingerprint density at radius 3 is 2.33 bits per heavy atom. The lowest BCUT2D eigenvalue weighted by atomic mass is 9.95. The van der Waals surface area contributed by atoms with Crippen molar-refractivity contribution in [2.75, 3.05) is 13.2 Å². The number of hydrogen-bond acceptors (Lipinski definition) is 5. The Hall–Kier alpha value is -1.47. The van der Waals surface area contributed by atoms with Crippen molar-refractivity contribution in [1.29, 1.82) is 0 Å². The summed E-state index contributed by atoms with van der Waals surface area (Å²) < 4.78 is 13.9. The van der Waals surface area contributed by atoms with Crippen molar-refractivity contribution in [3.63, 3.8) is 0 Å². The lowest BCUT2D eigenvalue weighted by molar-refractivity contribution is -0.141. The van der Waals surface area contributed by atoms with E-state index in [0.717, 1.165) is 25.7 Å². The van der Waals surface area contributed by atoms with Crippen LogP contribution < -0.4 is 11.4 Å². The topological polar surface area (TPSA) is 75.4 Å². The van der Waals surface area contributed by atoms with Gasteiger partial charge >= 0.3 is 11.4 Å². The fraction of sp³-hybridized carbons (Fsp3) is 0.824. The third kappa shape index (κ3) is 4.54. The summed E-state index contributed by atoms with van der Waals surface area (Å²) in [7, 11) is 0. The van der Waals surface area contributed by atoms with Crippen LogP contribution in [0.4, 0.5) is 0 Å². The van der Waals surface area contributed by atoms with E-state index >= 15 is 0 Å². The Morgan fingerprint density at radius 2 is 1.75 bits per heavy atom. The predicted molar refractivity (Wildman–Crippen MR) is 91.3 cm³/mol. The first kappa shape index (κ1) is 18.9. The Kier molecular flexibility index (Phi) is 7.17. The summed E-state index contributed by atoms with van der Waals surface area (Å²) in [5, 5.41) is 0. The van der Waals surface area contributed by atoms with Crippen LogP contribution in [0.5, 0.6) is 0 Å². The van der Waals surface area contributed by atoms with Crippen LogP contribution in [0.15, 0.2) is 9.59 Å². The molecule has 1 saturated carbocycles. The zero-order chi connectivity index (χ0) is 17.5. The van der Waals surface area contributed by atoms with Gasteiger partial charge in [-0.05, 0) is 33.6 Å². The maximum atomic E-state index is 12.8. The van der Waals surface area contributed by atoms with Gasteiger partial charge in [0.2, 0.25) is 0 Å². The SMILES string of the molecule is CCOC(CCn1c(=O)nc(C)n(C2CCCCC2)c1=O)OCC. The van der Waals surface area contributed by atoms with E-state index in [9.17, 15) is 9.59 Å². The molecule has 0 saturated heterocycles. The van der Waals surface area contributed by atoms with Crippen molar-refractivity contribution in [2.24, 2.45) is 0 Å². The maximum Gasteiger partial charge on any atom is 0.353 e. The largest absolute Gasteiger partial charge is 0.353 e. The molecule has 1 aromatic rings. The van der Waals surface area contributed by atoms with Gasteiger partial charge in [0.1, 0.15) is 5.82 Å². The predicted octanol–water partition coefficient (Wildman–Crippen LogP) is 2.01. The van der Waals surface area contributed by atoms with Crippen LogP contribution in [0.3, 0.4) is 0 Å². The van der Waals surface area contributed by atoms with Gasteiger partial charge in [0.25, 0.3) is 0 Å². The quantitative estimate of drug-likeness (QED) is 0.677. The second-order valence-corrected chi connectivity index (χ2v) is 6.17. The molecule has 136 valence electrons. The molecule has 7 heteroatoms. The molecule has 0 aliphatic heterocycles. The minimum absolute atomic E-state index is 0.153. The van der Waals surface area contributed by atoms with Crippen molar-refractivity contribution in [1.82, 2.24) is 14.1 Å². The van der Waals surface area contributed by atoms with Crippen molar-refractivity contribution in [3.05, 3.63) is 26.8 Å². The molecule has 1 aliphatic rings. The van der Waals surface area contributed by atoms with Crippen LogP contribution in [-0.4, -0.2) is 33.6 Å². The monoisotopic (exact) mass is 339 g/mol. The molecule has 2 rings (SSSR count). The van der Waals surface area contributed by atoms with Crippen molar-refractivity contribution >= 4 is 0 Å². The van der Waals surface area contributed by atoms with Crippen LogP contribution in [0, 0.1) is 6.92 Å². The Bertz CT molecular complexity index is 626. The van der Waals surface area contributed by atoms with Gasteiger partial charge < -0.3 is 9.47 Å². The fourth-order valence-corrected chi connectivity index (χ4v) is 3.37. The lowest BCUT2D eigenvalue weighted by Gasteiger charge is -2.25. The van der Waals surface area contributed by atoms with E-state index in [1.807, 2.05) is 13.8 Å². The number of nitrogens with zero attached hydrogens (tertiary/aromatic N) is 3. The number of aryl methyl sites for hydroxylation is 1. The van der Waals surface area contributed by atoms with Gasteiger partial charge in [-0.3, -0.25) is 4.57 Å². The molecule has 24 heavy (non-hydrogen) atoms. The highest BCUT2D eigenvalue weighted by Gasteiger charge is 2.21. The van der Waals surface area contributed by atoms with E-state index in [1.54, 1.807) is 11.5 Å². The van der Waals surface area contributed by atoms with E-state index < -0.39 is 12.0 Å². The summed E-state index contributed by atoms with van der Waals surface area (Å²) in [4.78, 5) is 29.1. The van der Waals surface area contributed by atoms with Crippen LogP contribution in [0.25, 0.3) is 0 Å². The smallest absolute Gasteiger partial charge is 0.353 e. The van der Waals surface area contributed by atoms with Gasteiger partial charge in [0.15, 0.2) is 6.29 Å². The number of ether oxygens (including phenoxy) is 2. The third-order valence-electron chi connectivity index (χ3n) is 4.51. The first-order chi connectivity index (χ1) is 11.6. The first-order valence-electron chi connectivity index (χ1n) is 9.01. The molecule has 1 aliphatic carbocycles. The minimum atomic E-state index is -0.490. The van der Waals surface area contributed by atoms with Gasteiger partial charge in [0.05, 0.1) is 0 Å². The molecule has 0 spiro atoms. The molecule has 0 bridgehead atoms. The third-order valence-corrected chi connectivity index (χ3v) is 4.51. The number of rotatable bonds is 8. The normalized spacial score (nSPS) is 16.0. The average Bonchev–Trinajstić information content (AvgIpc) is 2.55. The minimum Gasteiger partial charge on any atom is -0.353 e. The zero-order valence-electron chi connectivity index (χ0n) is 15.0. The molecule has 0 N–H and O–H groups in total. The zero-order valence-corrected chi connectivity index (χ0v) is 15.0. The van der Waals surface area contributed by atoms with Crippen molar-refractivity contribution in [3.8, 4) is 0 Å². The summed E-state index contributed by atoms with van der Waals surface area (Å²) in [5.41, 5.74) is -0.748. The van der Waals surface area contributed by atoms with Gasteiger partial charge in [-0.2, -0.15) is 4.98 Å². The van der Waals surface area contributed by atoms with Crippen LogP contribution in [0.2, 0.25) is 0 Å². The molecule has 0 atom stereocenters. The Balaban J connectivity index is 2.23. The molecule has 0 unspecified atom stereocenters. The summed E-state index contributed by atoms with van der Waals surface area (Å²) in [5.74, 6) is 0.513. The second-order valence-electron chi connectivity index (χ2n) is 6.17. The molecular weight excluding hydrogens is 310 g/mol. The highest BCUT2D eigenvalue weighted by Crippen LogP contribution is 2.27. The Morgan fingerprint density at radius 1 is 1.12 bits per heavy atom. The summed E-state index contributed by atoms with van der Waals surface area (Å²) in [6, 6.07) is 0.153. The van der Waals surface area contributed by atoms with Gasteiger partial charge in [-0.25, -0.2) is 14.2 Å². The molecule has 1 fully saturated rings. The number of hydrogen-bond donors (Lipinski definition) is 0. The number of aromatic nitrogens is 3. The molecule has 7 nitrogen and oxygen atoms in total. The van der Waals surface area contributed by atoms with Gasteiger partial charge in [-0.15, -0.1) is 0 Å². The molecule has 0 aromatic carbocycles. The molecule has 0 radical (unpaired) electrons. The van der Waals surface area contributed by atoms with Crippen LogP contribution >= 0.6 is 0 Å². The van der Waals surface area contributed by atoms with Crippen LogP contribution in [0.1, 0.15) is 64.2 Å². The lowest BCUT2D eigenvalue weighted by Crippen LogP contribution is -2.45. The fourth-order valence-electron chi connectivity index (χ4n) is 3.37. The van der Waals surface area contributed by atoms with E-state index in [2.05, 4.69) is 4.98 Å². The highest BCUT2D eigenvalue weighted by atomic mass is 16.7. The standard InChI is InChI=1S/C17H29N3O4/c1-4-23-15(24-5-2)11-12-19-16(21)18-13(3)20(17(19)22)14-9-7-6-8-10-14/h14-15H,4-12H2,1-3H3. The van der Waals surface area contributed by atoms with Gasteiger partial charge in [0, 0.05) is 32.2 Å². The Labute approximate surface area is 142 Å². The average molecular weight is 339 g/mol. The molecular formula is C17H29N3O4. The van der Waals surface area contributed by atoms with E-state index in [4.69, 9.17) is 9.47 Å². The van der Waals surface area contributed by atoms with Crippen molar-refractivity contribution < 1.29 is 9.47 Å². The maximum absolute atomic E-state index is 12.8. The highest BCUT2D eigenvalue weighted by molar-refractivity contribution is 4.90. The molecule has 0 amide bonds. The molecule has 1 heterocycles. The van der Waals surface area contributed by atoms with E-state index in [1.165, 1.54) is 11.0 Å². The summed E-state index contributed by atoms with van der Waals surface area (Å²) >= 11 is 0. The summed E-state index contributed by atoms with van der Waals surface area (Å²) in [6.07, 6.45) is 5.44. The molecule has 1 aromatic heterocycles. The second kappa shape index (κ2) is 9.13.